The maximum absolute atomic E-state index is 10.6. The van der Waals surface area contributed by atoms with Crippen LogP contribution in [0, 0.1) is 13.8 Å². The van der Waals surface area contributed by atoms with Gasteiger partial charge in [0.05, 0.1) is 12.6 Å². The van der Waals surface area contributed by atoms with E-state index in [1.54, 1.807) is 0 Å². The molecule has 3 rings (SSSR count). The summed E-state index contributed by atoms with van der Waals surface area (Å²) in [7, 11) is 0. The molecule has 5 nitrogen and oxygen atoms in total. The Labute approximate surface area is 148 Å². The molecule has 0 radical (unpaired) electrons. The molecule has 1 aliphatic heterocycles. The van der Waals surface area contributed by atoms with Gasteiger partial charge in [-0.15, -0.1) is 0 Å². The lowest BCUT2D eigenvalue weighted by molar-refractivity contribution is 0.0588. The van der Waals surface area contributed by atoms with E-state index in [4.69, 9.17) is 11.6 Å². The molecule has 6 heteroatoms. The first-order valence-corrected chi connectivity index (χ1v) is 8.97. The molecule has 0 aliphatic carbocycles. The van der Waals surface area contributed by atoms with E-state index in [0.29, 0.717) is 17.6 Å². The molecule has 0 unspecified atom stereocenters. The predicted molar refractivity (Wildman–Crippen MR) is 95.1 cm³/mol. The highest BCUT2D eigenvalue weighted by Crippen LogP contribution is 2.26. The lowest BCUT2D eigenvalue weighted by Gasteiger charge is -2.37. The Morgan fingerprint density at radius 2 is 2.08 bits per heavy atom. The van der Waals surface area contributed by atoms with Gasteiger partial charge < -0.3 is 5.11 Å². The van der Waals surface area contributed by atoms with Crippen LogP contribution in [0.2, 0.25) is 5.02 Å². The van der Waals surface area contributed by atoms with Crippen molar-refractivity contribution in [1.29, 1.82) is 0 Å². The molecule has 1 aliphatic rings. The lowest BCUT2D eigenvalue weighted by Crippen LogP contribution is -2.44. The molecule has 130 valence electrons. The minimum absolute atomic E-state index is 0.371. The summed E-state index contributed by atoms with van der Waals surface area (Å²) in [6, 6.07) is 7.90. The quantitative estimate of drug-likeness (QED) is 0.901. The fraction of sp³-hybridized carbons (Fsp3) is 0.556. The number of halogens is 1. The Morgan fingerprint density at radius 1 is 1.29 bits per heavy atom. The fourth-order valence-corrected chi connectivity index (χ4v) is 3.77. The van der Waals surface area contributed by atoms with Crippen LogP contribution in [-0.4, -0.2) is 43.9 Å². The Kier molecular flexibility index (Phi) is 5.54. The second kappa shape index (κ2) is 7.64. The van der Waals surface area contributed by atoms with Gasteiger partial charge in [-0.25, -0.2) is 9.67 Å². The van der Waals surface area contributed by atoms with Crippen LogP contribution in [0.3, 0.4) is 0 Å². The summed E-state index contributed by atoms with van der Waals surface area (Å²) in [5.41, 5.74) is 0.802. The highest BCUT2D eigenvalue weighted by Gasteiger charge is 2.26. The third-order valence-electron chi connectivity index (χ3n) is 4.77. The first-order valence-electron chi connectivity index (χ1n) is 8.59. The van der Waals surface area contributed by atoms with Gasteiger partial charge in [0.1, 0.15) is 11.6 Å². The summed E-state index contributed by atoms with van der Waals surface area (Å²) in [5, 5.41) is 15.7. The molecular formula is C18H25ClN4O. The van der Waals surface area contributed by atoms with Gasteiger partial charge in [0, 0.05) is 23.2 Å². The first kappa shape index (κ1) is 17.4. The van der Waals surface area contributed by atoms with Gasteiger partial charge in [-0.05, 0) is 39.3 Å². The molecule has 2 aromatic rings. The Morgan fingerprint density at radius 3 is 2.79 bits per heavy atom. The monoisotopic (exact) mass is 348 g/mol. The van der Waals surface area contributed by atoms with Crippen LogP contribution in [0.1, 0.15) is 42.6 Å². The second-order valence-corrected chi connectivity index (χ2v) is 6.98. The number of likely N-dealkylation sites (tertiary alicyclic amines) is 1. The summed E-state index contributed by atoms with van der Waals surface area (Å²) < 4.78 is 1.99. The van der Waals surface area contributed by atoms with Gasteiger partial charge in [0.15, 0.2) is 0 Å². The van der Waals surface area contributed by atoms with Crippen molar-refractivity contribution in [3.8, 4) is 0 Å². The average molecular weight is 349 g/mol. The molecular weight excluding hydrogens is 324 g/mol. The van der Waals surface area contributed by atoms with Crippen LogP contribution in [0.15, 0.2) is 24.3 Å². The van der Waals surface area contributed by atoms with E-state index >= 15 is 0 Å². The van der Waals surface area contributed by atoms with Crippen molar-refractivity contribution >= 4 is 11.6 Å². The molecule has 2 atom stereocenters. The molecule has 1 N–H and O–H groups in total. The topological polar surface area (TPSA) is 54.2 Å². The molecule has 0 spiro atoms. The Bertz CT molecular complexity index is 687. The number of hydrogen-bond donors (Lipinski definition) is 1. The number of benzene rings is 1. The van der Waals surface area contributed by atoms with Crippen molar-refractivity contribution < 1.29 is 5.11 Å². The predicted octanol–water partition coefficient (Wildman–Crippen LogP) is 3.14. The molecule has 24 heavy (non-hydrogen) atoms. The average Bonchev–Trinajstić information content (AvgIpc) is 2.87. The van der Waals surface area contributed by atoms with Gasteiger partial charge in [-0.3, -0.25) is 4.90 Å². The van der Waals surface area contributed by atoms with E-state index in [0.717, 1.165) is 36.7 Å². The maximum Gasteiger partial charge on any atom is 0.147 e. The van der Waals surface area contributed by atoms with Gasteiger partial charge in [-0.2, -0.15) is 5.10 Å². The molecule has 0 bridgehead atoms. The smallest absolute Gasteiger partial charge is 0.147 e. The normalized spacial score (nSPS) is 20.2. The lowest BCUT2D eigenvalue weighted by atomic mass is 10.00. The molecule has 2 heterocycles. The number of aliphatic hydroxyl groups excluding tert-OH is 1. The van der Waals surface area contributed by atoms with Crippen molar-refractivity contribution in [2.45, 2.75) is 51.8 Å². The molecule has 1 aromatic carbocycles. The van der Waals surface area contributed by atoms with Crippen LogP contribution in [0.5, 0.6) is 0 Å². The molecule has 0 amide bonds. The SMILES string of the molecule is Cc1nc(C)n(C[C@@H]2CCCCN2C[C@@H](O)c2ccccc2Cl)n1. The van der Waals surface area contributed by atoms with Crippen molar-refractivity contribution in [3.05, 3.63) is 46.5 Å². The Hall–Kier alpha value is -1.43. The number of hydrogen-bond acceptors (Lipinski definition) is 4. The van der Waals surface area contributed by atoms with E-state index in [1.165, 1.54) is 12.8 Å². The van der Waals surface area contributed by atoms with Crippen LogP contribution < -0.4 is 0 Å². The van der Waals surface area contributed by atoms with Crippen LogP contribution in [-0.2, 0) is 6.54 Å². The zero-order valence-corrected chi connectivity index (χ0v) is 15.1. The van der Waals surface area contributed by atoms with Crippen molar-refractivity contribution in [2.75, 3.05) is 13.1 Å². The molecule has 0 saturated carbocycles. The van der Waals surface area contributed by atoms with E-state index in [9.17, 15) is 5.11 Å². The van der Waals surface area contributed by atoms with E-state index in [-0.39, 0.29) is 0 Å². The van der Waals surface area contributed by atoms with Crippen molar-refractivity contribution in [3.63, 3.8) is 0 Å². The minimum Gasteiger partial charge on any atom is -0.387 e. The van der Waals surface area contributed by atoms with Crippen LogP contribution in [0.4, 0.5) is 0 Å². The van der Waals surface area contributed by atoms with Gasteiger partial charge >= 0.3 is 0 Å². The number of piperidine rings is 1. The molecule has 1 aromatic heterocycles. The summed E-state index contributed by atoms with van der Waals surface area (Å²) >= 11 is 6.23. The zero-order chi connectivity index (χ0) is 17.1. The number of rotatable bonds is 5. The molecule has 1 fully saturated rings. The molecule has 1 saturated heterocycles. The van der Waals surface area contributed by atoms with E-state index < -0.39 is 6.10 Å². The van der Waals surface area contributed by atoms with Crippen molar-refractivity contribution in [2.24, 2.45) is 0 Å². The number of aromatic nitrogens is 3. The zero-order valence-electron chi connectivity index (χ0n) is 14.3. The van der Waals surface area contributed by atoms with Gasteiger partial charge in [0.25, 0.3) is 0 Å². The maximum atomic E-state index is 10.6. The van der Waals surface area contributed by atoms with E-state index in [2.05, 4.69) is 15.0 Å². The largest absolute Gasteiger partial charge is 0.387 e. The highest BCUT2D eigenvalue weighted by atomic mass is 35.5. The summed E-state index contributed by atoms with van der Waals surface area (Å²) in [6.07, 6.45) is 2.93. The number of β-amino-alcohol motifs (C(OH)–C–C–N with tert-alkyl or cyclic N) is 1. The van der Waals surface area contributed by atoms with Gasteiger partial charge in [0.2, 0.25) is 0 Å². The minimum atomic E-state index is -0.571. The number of aryl methyl sites for hydroxylation is 2. The standard InChI is InChI=1S/C18H25ClN4O/c1-13-20-14(2)23(21-13)11-15-7-5-6-10-22(15)12-18(24)16-8-3-4-9-17(16)19/h3-4,8-9,15,18,24H,5-7,10-12H2,1-2H3/t15-,18+/m0/s1. The third kappa shape index (κ3) is 3.97. The van der Waals surface area contributed by atoms with Gasteiger partial charge in [-0.1, -0.05) is 36.2 Å². The van der Waals surface area contributed by atoms with Crippen LogP contribution in [0.25, 0.3) is 0 Å². The second-order valence-electron chi connectivity index (χ2n) is 6.57. The number of aliphatic hydroxyl groups is 1. The third-order valence-corrected chi connectivity index (χ3v) is 5.11. The van der Waals surface area contributed by atoms with Crippen LogP contribution >= 0.6 is 11.6 Å². The summed E-state index contributed by atoms with van der Waals surface area (Å²) in [5.74, 6) is 1.76. The fourth-order valence-electron chi connectivity index (χ4n) is 3.51. The Balaban J connectivity index is 1.70. The highest BCUT2D eigenvalue weighted by molar-refractivity contribution is 6.31. The summed E-state index contributed by atoms with van der Waals surface area (Å²) in [4.78, 5) is 6.76. The van der Waals surface area contributed by atoms with Crippen molar-refractivity contribution in [1.82, 2.24) is 19.7 Å². The van der Waals surface area contributed by atoms with E-state index in [1.807, 2.05) is 42.8 Å². The first-order chi connectivity index (χ1) is 11.5. The number of nitrogens with zero attached hydrogens (tertiary/aromatic N) is 4. The summed E-state index contributed by atoms with van der Waals surface area (Å²) in [6.45, 7) is 6.33.